The van der Waals surface area contributed by atoms with E-state index in [9.17, 15) is 4.79 Å². The van der Waals surface area contributed by atoms with Crippen molar-refractivity contribution < 1.29 is 4.79 Å². The molecule has 3 rings (SSSR count). The normalized spacial score (nSPS) is 10.7. The SMILES string of the molecule is Cn1c(SCC(=O)Nc2ccccn2)nc2ccccc21. The van der Waals surface area contributed by atoms with Crippen molar-refractivity contribution in [1.29, 1.82) is 0 Å². The van der Waals surface area contributed by atoms with E-state index in [4.69, 9.17) is 0 Å². The van der Waals surface area contributed by atoms with Gasteiger partial charge in [0.1, 0.15) is 5.82 Å². The summed E-state index contributed by atoms with van der Waals surface area (Å²) in [4.78, 5) is 20.5. The maximum atomic E-state index is 11.9. The van der Waals surface area contributed by atoms with E-state index in [1.807, 2.05) is 48.0 Å². The molecule has 0 radical (unpaired) electrons. The van der Waals surface area contributed by atoms with Crippen molar-refractivity contribution in [1.82, 2.24) is 14.5 Å². The van der Waals surface area contributed by atoms with E-state index in [0.29, 0.717) is 11.6 Å². The summed E-state index contributed by atoms with van der Waals surface area (Å²) in [5.74, 6) is 0.771. The number of imidazole rings is 1. The van der Waals surface area contributed by atoms with Crippen LogP contribution >= 0.6 is 11.8 Å². The van der Waals surface area contributed by atoms with E-state index in [2.05, 4.69) is 15.3 Å². The number of carbonyl (C=O) groups is 1. The molecule has 1 N–H and O–H groups in total. The Morgan fingerprint density at radius 3 is 2.81 bits per heavy atom. The summed E-state index contributed by atoms with van der Waals surface area (Å²) in [5, 5.41) is 3.58. The molecule has 1 aromatic carbocycles. The molecule has 0 aliphatic heterocycles. The molecule has 0 fully saturated rings. The first-order chi connectivity index (χ1) is 10.2. The molecule has 0 aliphatic carbocycles. The summed E-state index contributed by atoms with van der Waals surface area (Å²) in [6.45, 7) is 0. The number of aromatic nitrogens is 3. The van der Waals surface area contributed by atoms with Crippen LogP contribution in [-0.2, 0) is 11.8 Å². The summed E-state index contributed by atoms with van der Waals surface area (Å²) in [6, 6.07) is 13.3. The van der Waals surface area contributed by atoms with Crippen LogP contribution in [0.3, 0.4) is 0 Å². The maximum Gasteiger partial charge on any atom is 0.236 e. The zero-order valence-corrected chi connectivity index (χ0v) is 12.3. The molecule has 0 unspecified atom stereocenters. The number of nitrogens with one attached hydrogen (secondary N) is 1. The Morgan fingerprint density at radius 1 is 1.24 bits per heavy atom. The number of anilines is 1. The van der Waals surface area contributed by atoms with Gasteiger partial charge >= 0.3 is 0 Å². The zero-order chi connectivity index (χ0) is 14.7. The van der Waals surface area contributed by atoms with E-state index < -0.39 is 0 Å². The maximum absolute atomic E-state index is 11.9. The smallest absolute Gasteiger partial charge is 0.236 e. The van der Waals surface area contributed by atoms with Crippen LogP contribution in [0.2, 0.25) is 0 Å². The van der Waals surface area contributed by atoms with Gasteiger partial charge in [-0.05, 0) is 24.3 Å². The molecule has 0 aliphatic rings. The van der Waals surface area contributed by atoms with Crippen LogP contribution in [0.4, 0.5) is 5.82 Å². The Labute approximate surface area is 126 Å². The highest BCUT2D eigenvalue weighted by Gasteiger charge is 2.10. The third kappa shape index (κ3) is 3.05. The number of nitrogens with zero attached hydrogens (tertiary/aromatic N) is 3. The molecule has 2 heterocycles. The standard InChI is InChI=1S/C15H14N4OS/c1-19-12-7-3-2-6-11(12)17-15(19)21-10-14(20)18-13-8-4-5-9-16-13/h2-9H,10H2,1H3,(H,16,18,20). The Bertz CT molecular complexity index is 770. The molecule has 0 spiro atoms. The predicted octanol–water partition coefficient (Wildman–Crippen LogP) is 2.70. The van der Waals surface area contributed by atoms with Gasteiger partial charge in [0.15, 0.2) is 5.16 Å². The van der Waals surface area contributed by atoms with Crippen LogP contribution in [0.15, 0.2) is 53.8 Å². The second-order valence-corrected chi connectivity index (χ2v) is 5.44. The Hall–Kier alpha value is -2.34. The summed E-state index contributed by atoms with van der Waals surface area (Å²) >= 11 is 1.41. The fourth-order valence-corrected chi connectivity index (χ4v) is 2.79. The third-order valence-electron chi connectivity index (χ3n) is 3.01. The van der Waals surface area contributed by atoms with Crippen molar-refractivity contribution in [3.05, 3.63) is 48.7 Å². The van der Waals surface area contributed by atoms with Gasteiger partial charge in [0, 0.05) is 13.2 Å². The number of benzene rings is 1. The Kier molecular flexibility index (Phi) is 3.87. The summed E-state index contributed by atoms with van der Waals surface area (Å²) < 4.78 is 1.99. The van der Waals surface area contributed by atoms with Gasteiger partial charge in [-0.3, -0.25) is 4.79 Å². The van der Waals surface area contributed by atoms with Crippen molar-refractivity contribution in [2.75, 3.05) is 11.1 Å². The number of hydrogen-bond acceptors (Lipinski definition) is 4. The minimum Gasteiger partial charge on any atom is -0.322 e. The molecule has 0 bridgehead atoms. The van der Waals surface area contributed by atoms with Crippen LogP contribution in [0.5, 0.6) is 0 Å². The van der Waals surface area contributed by atoms with Crippen molar-refractivity contribution in [3.8, 4) is 0 Å². The Morgan fingerprint density at radius 2 is 2.05 bits per heavy atom. The highest BCUT2D eigenvalue weighted by molar-refractivity contribution is 7.99. The predicted molar refractivity (Wildman–Crippen MR) is 84.3 cm³/mol. The number of thioether (sulfide) groups is 1. The summed E-state index contributed by atoms with van der Waals surface area (Å²) in [6.07, 6.45) is 1.65. The molecule has 0 atom stereocenters. The molecule has 2 aromatic heterocycles. The number of carbonyl (C=O) groups excluding carboxylic acids is 1. The van der Waals surface area contributed by atoms with Gasteiger partial charge in [-0.15, -0.1) is 0 Å². The van der Waals surface area contributed by atoms with Gasteiger partial charge in [0.2, 0.25) is 5.91 Å². The molecule has 6 heteroatoms. The molecule has 106 valence electrons. The number of rotatable bonds is 4. The second kappa shape index (κ2) is 5.97. The van der Waals surface area contributed by atoms with Crippen molar-refractivity contribution >= 4 is 34.5 Å². The number of para-hydroxylation sites is 2. The van der Waals surface area contributed by atoms with Crippen molar-refractivity contribution in [3.63, 3.8) is 0 Å². The average Bonchev–Trinajstić information content (AvgIpc) is 2.83. The first kappa shape index (κ1) is 13.6. The summed E-state index contributed by atoms with van der Waals surface area (Å²) in [5.41, 5.74) is 2.00. The van der Waals surface area contributed by atoms with Crippen LogP contribution in [-0.4, -0.2) is 26.2 Å². The lowest BCUT2D eigenvalue weighted by molar-refractivity contribution is -0.113. The lowest BCUT2D eigenvalue weighted by Crippen LogP contribution is -2.15. The van der Waals surface area contributed by atoms with Crippen LogP contribution in [0.1, 0.15) is 0 Å². The number of hydrogen-bond donors (Lipinski definition) is 1. The lowest BCUT2D eigenvalue weighted by Gasteiger charge is -2.04. The van der Waals surface area contributed by atoms with Crippen LogP contribution < -0.4 is 5.32 Å². The number of pyridine rings is 1. The lowest BCUT2D eigenvalue weighted by atomic mass is 10.3. The molecule has 1 amide bonds. The quantitative estimate of drug-likeness (QED) is 0.752. The zero-order valence-electron chi connectivity index (χ0n) is 11.5. The highest BCUT2D eigenvalue weighted by Crippen LogP contribution is 2.22. The largest absolute Gasteiger partial charge is 0.322 e. The van der Waals surface area contributed by atoms with Gasteiger partial charge < -0.3 is 9.88 Å². The van der Waals surface area contributed by atoms with Gasteiger partial charge in [-0.2, -0.15) is 0 Å². The first-order valence-corrected chi connectivity index (χ1v) is 7.48. The van der Waals surface area contributed by atoms with E-state index in [-0.39, 0.29) is 5.91 Å². The van der Waals surface area contributed by atoms with E-state index in [0.717, 1.165) is 16.2 Å². The van der Waals surface area contributed by atoms with Crippen LogP contribution in [0, 0.1) is 0 Å². The Balaban J connectivity index is 1.66. The molecular formula is C15H14N4OS. The molecular weight excluding hydrogens is 284 g/mol. The third-order valence-corrected chi connectivity index (χ3v) is 4.04. The van der Waals surface area contributed by atoms with Crippen molar-refractivity contribution in [2.45, 2.75) is 5.16 Å². The molecule has 21 heavy (non-hydrogen) atoms. The fraction of sp³-hybridized carbons (Fsp3) is 0.133. The van der Waals surface area contributed by atoms with E-state index in [1.165, 1.54) is 11.8 Å². The molecule has 3 aromatic rings. The molecule has 0 saturated carbocycles. The number of fused-ring (bicyclic) bond motifs is 1. The van der Waals surface area contributed by atoms with Gasteiger partial charge in [-0.1, -0.05) is 30.0 Å². The second-order valence-electron chi connectivity index (χ2n) is 4.49. The summed E-state index contributed by atoms with van der Waals surface area (Å²) in [7, 11) is 1.95. The van der Waals surface area contributed by atoms with Crippen molar-refractivity contribution in [2.24, 2.45) is 7.05 Å². The molecule has 5 nitrogen and oxygen atoms in total. The fourth-order valence-electron chi connectivity index (χ4n) is 2.00. The number of amides is 1. The minimum atomic E-state index is -0.0919. The van der Waals surface area contributed by atoms with E-state index >= 15 is 0 Å². The van der Waals surface area contributed by atoms with E-state index in [1.54, 1.807) is 12.3 Å². The highest BCUT2D eigenvalue weighted by atomic mass is 32.2. The first-order valence-electron chi connectivity index (χ1n) is 6.49. The van der Waals surface area contributed by atoms with Gasteiger partial charge in [0.25, 0.3) is 0 Å². The minimum absolute atomic E-state index is 0.0919. The number of aryl methyl sites for hydroxylation is 1. The monoisotopic (exact) mass is 298 g/mol. The van der Waals surface area contributed by atoms with Gasteiger partial charge in [-0.25, -0.2) is 9.97 Å². The topological polar surface area (TPSA) is 59.8 Å². The average molecular weight is 298 g/mol. The van der Waals surface area contributed by atoms with Gasteiger partial charge in [0.05, 0.1) is 16.8 Å². The molecule has 0 saturated heterocycles. The van der Waals surface area contributed by atoms with Crippen LogP contribution in [0.25, 0.3) is 11.0 Å².